The molecule has 0 aromatic heterocycles. The van der Waals surface area contributed by atoms with Crippen molar-refractivity contribution in [3.8, 4) is 0 Å². The zero-order valence-corrected chi connectivity index (χ0v) is 32.1. The van der Waals surface area contributed by atoms with Gasteiger partial charge in [0.15, 0.2) is 6.10 Å². The highest BCUT2D eigenvalue weighted by Crippen LogP contribution is 2.43. The third-order valence-corrected chi connectivity index (χ3v) is 9.73. The van der Waals surface area contributed by atoms with Crippen LogP contribution in [0.2, 0.25) is 0 Å². The molecule has 48 heavy (non-hydrogen) atoms. The van der Waals surface area contributed by atoms with Crippen LogP contribution in [0.5, 0.6) is 0 Å². The van der Waals surface area contributed by atoms with Crippen LogP contribution >= 0.6 is 7.82 Å². The van der Waals surface area contributed by atoms with Gasteiger partial charge in [-0.25, -0.2) is 4.57 Å². The lowest BCUT2D eigenvalue weighted by Gasteiger charge is -2.19. The molecule has 0 fully saturated rings. The van der Waals surface area contributed by atoms with Crippen LogP contribution in [-0.2, 0) is 32.7 Å². The summed E-state index contributed by atoms with van der Waals surface area (Å²) in [4.78, 5) is 34.7. The summed E-state index contributed by atoms with van der Waals surface area (Å²) < 4.78 is 32.7. The molecule has 0 saturated carbocycles. The van der Waals surface area contributed by atoms with Crippen LogP contribution in [0.1, 0.15) is 200 Å². The largest absolute Gasteiger partial charge is 0.472 e. The maximum absolute atomic E-state index is 12.5. The number of carbonyl (C=O) groups excluding carboxylic acids is 2. The maximum atomic E-state index is 12.5. The molecule has 0 saturated heterocycles. The molecule has 0 aliphatic heterocycles. The van der Waals surface area contributed by atoms with Gasteiger partial charge < -0.3 is 20.1 Å². The van der Waals surface area contributed by atoms with Crippen molar-refractivity contribution in [3.05, 3.63) is 0 Å². The molecule has 0 aromatic rings. The van der Waals surface area contributed by atoms with Crippen molar-refractivity contribution in [1.82, 2.24) is 0 Å². The normalized spacial score (nSPS) is 13.3. The molecular weight excluding hydrogens is 629 g/mol. The topological polar surface area (TPSA) is 134 Å². The lowest BCUT2D eigenvalue weighted by Crippen LogP contribution is -2.29. The van der Waals surface area contributed by atoms with Crippen LogP contribution in [0.4, 0.5) is 0 Å². The van der Waals surface area contributed by atoms with Crippen LogP contribution < -0.4 is 5.73 Å². The van der Waals surface area contributed by atoms with Crippen molar-refractivity contribution in [3.63, 3.8) is 0 Å². The van der Waals surface area contributed by atoms with E-state index in [0.29, 0.717) is 6.42 Å². The zero-order chi connectivity index (χ0) is 35.4. The van der Waals surface area contributed by atoms with E-state index in [1.165, 1.54) is 135 Å². The van der Waals surface area contributed by atoms with E-state index in [0.717, 1.165) is 32.1 Å². The molecule has 2 unspecified atom stereocenters. The Morgan fingerprint density at radius 2 is 0.896 bits per heavy atom. The number of rotatable bonds is 38. The first-order valence-electron chi connectivity index (χ1n) is 20.0. The number of phosphoric acid groups is 1. The summed E-state index contributed by atoms with van der Waals surface area (Å²) in [6, 6.07) is 0. The van der Waals surface area contributed by atoms with Crippen molar-refractivity contribution in [2.24, 2.45) is 5.73 Å². The predicted molar refractivity (Wildman–Crippen MR) is 197 cm³/mol. The minimum atomic E-state index is -4.36. The van der Waals surface area contributed by atoms with Crippen molar-refractivity contribution in [2.45, 2.75) is 206 Å². The molecule has 286 valence electrons. The highest BCUT2D eigenvalue weighted by atomic mass is 31.2. The minimum Gasteiger partial charge on any atom is -0.462 e. The zero-order valence-electron chi connectivity index (χ0n) is 31.2. The molecule has 0 amide bonds. The highest BCUT2D eigenvalue weighted by molar-refractivity contribution is 7.47. The second kappa shape index (κ2) is 35.8. The summed E-state index contributed by atoms with van der Waals surface area (Å²) in [5.74, 6) is -0.816. The second-order valence-electron chi connectivity index (χ2n) is 13.5. The third kappa shape index (κ3) is 34.9. The van der Waals surface area contributed by atoms with E-state index >= 15 is 0 Å². The first-order valence-corrected chi connectivity index (χ1v) is 21.5. The van der Waals surface area contributed by atoms with Gasteiger partial charge >= 0.3 is 19.8 Å². The summed E-state index contributed by atoms with van der Waals surface area (Å²) in [5, 5.41) is 0. The number of hydrogen-bond donors (Lipinski definition) is 2. The fourth-order valence-corrected chi connectivity index (χ4v) is 6.52. The fourth-order valence-electron chi connectivity index (χ4n) is 5.75. The Morgan fingerprint density at radius 3 is 1.27 bits per heavy atom. The maximum Gasteiger partial charge on any atom is 0.472 e. The molecular formula is C38H76NO8P. The molecule has 0 heterocycles. The summed E-state index contributed by atoms with van der Waals surface area (Å²) in [7, 11) is -4.36. The molecule has 9 nitrogen and oxygen atoms in total. The van der Waals surface area contributed by atoms with E-state index in [9.17, 15) is 19.0 Å². The van der Waals surface area contributed by atoms with Gasteiger partial charge in [-0.2, -0.15) is 0 Å². The molecule has 0 rings (SSSR count). The molecule has 0 aliphatic carbocycles. The van der Waals surface area contributed by atoms with Crippen molar-refractivity contribution < 1.29 is 37.6 Å². The number of esters is 2. The molecule has 0 radical (unpaired) electrons. The van der Waals surface area contributed by atoms with Crippen LogP contribution in [0.15, 0.2) is 0 Å². The summed E-state index contributed by atoms with van der Waals surface area (Å²) in [6.45, 7) is 3.75. The minimum absolute atomic E-state index is 0.0579. The third-order valence-electron chi connectivity index (χ3n) is 8.74. The Bertz CT molecular complexity index is 769. The van der Waals surface area contributed by atoms with Crippen molar-refractivity contribution in [1.29, 1.82) is 0 Å². The summed E-state index contributed by atoms with van der Waals surface area (Å²) in [5.41, 5.74) is 5.33. The quantitative estimate of drug-likeness (QED) is 0.0365. The number of carbonyl (C=O) groups is 2. The van der Waals surface area contributed by atoms with Crippen LogP contribution in [0, 0.1) is 0 Å². The lowest BCUT2D eigenvalue weighted by atomic mass is 10.0. The Kier molecular flexibility index (Phi) is 35.1. The number of nitrogens with two attached hydrogens (primary N) is 1. The van der Waals surface area contributed by atoms with E-state index in [4.69, 9.17) is 24.3 Å². The highest BCUT2D eigenvalue weighted by Gasteiger charge is 2.26. The molecule has 0 aliphatic rings. The molecule has 0 bridgehead atoms. The van der Waals surface area contributed by atoms with Crippen molar-refractivity contribution >= 4 is 19.8 Å². The SMILES string of the molecule is CCCCCCCCCCCCCCCCC(=O)OC(COC(=O)CCCCCCCCCCCCCCC)COP(=O)(O)OCCN. The van der Waals surface area contributed by atoms with Gasteiger partial charge in [-0.1, -0.05) is 174 Å². The first kappa shape index (κ1) is 47.0. The Hall–Kier alpha value is -0.990. The van der Waals surface area contributed by atoms with Gasteiger partial charge in [0, 0.05) is 19.4 Å². The molecule has 0 spiro atoms. The molecule has 3 N–H and O–H groups in total. The van der Waals surface area contributed by atoms with E-state index < -0.39 is 26.5 Å². The van der Waals surface area contributed by atoms with Gasteiger partial charge in [0.05, 0.1) is 13.2 Å². The van der Waals surface area contributed by atoms with Crippen LogP contribution in [0.25, 0.3) is 0 Å². The van der Waals surface area contributed by atoms with Crippen LogP contribution in [0.3, 0.4) is 0 Å². The number of hydrogen-bond acceptors (Lipinski definition) is 8. The summed E-state index contributed by atoms with van der Waals surface area (Å²) >= 11 is 0. The first-order chi connectivity index (χ1) is 23.3. The predicted octanol–water partition coefficient (Wildman–Crippen LogP) is 10.9. The number of unbranched alkanes of at least 4 members (excludes halogenated alkanes) is 25. The van der Waals surface area contributed by atoms with Gasteiger partial charge in [0.1, 0.15) is 6.61 Å². The smallest absolute Gasteiger partial charge is 0.462 e. The van der Waals surface area contributed by atoms with Crippen molar-refractivity contribution in [2.75, 3.05) is 26.4 Å². The average molecular weight is 706 g/mol. The van der Waals surface area contributed by atoms with Gasteiger partial charge in [-0.3, -0.25) is 18.6 Å². The van der Waals surface area contributed by atoms with E-state index in [2.05, 4.69) is 13.8 Å². The molecule has 2 atom stereocenters. The lowest BCUT2D eigenvalue weighted by molar-refractivity contribution is -0.161. The summed E-state index contributed by atoms with van der Waals surface area (Å²) in [6.07, 6.45) is 32.7. The second-order valence-corrected chi connectivity index (χ2v) is 15.0. The van der Waals surface area contributed by atoms with Gasteiger partial charge in [0.2, 0.25) is 0 Å². The van der Waals surface area contributed by atoms with Gasteiger partial charge in [-0.15, -0.1) is 0 Å². The molecule has 0 aromatic carbocycles. The number of phosphoric ester groups is 1. The average Bonchev–Trinajstić information content (AvgIpc) is 3.07. The van der Waals surface area contributed by atoms with E-state index in [1.807, 2.05) is 0 Å². The Morgan fingerprint density at radius 1 is 0.542 bits per heavy atom. The van der Waals surface area contributed by atoms with Gasteiger partial charge in [0.25, 0.3) is 0 Å². The monoisotopic (exact) mass is 706 g/mol. The van der Waals surface area contributed by atoms with E-state index in [-0.39, 0.29) is 38.6 Å². The fraction of sp³-hybridized carbons (Fsp3) is 0.947. The number of ether oxygens (including phenoxy) is 2. The Balaban J connectivity index is 4.16. The van der Waals surface area contributed by atoms with Gasteiger partial charge in [-0.05, 0) is 12.8 Å². The van der Waals surface area contributed by atoms with Crippen LogP contribution in [-0.4, -0.2) is 49.3 Å². The molecule has 10 heteroatoms. The van der Waals surface area contributed by atoms with E-state index in [1.54, 1.807) is 0 Å². The Labute approximate surface area is 295 Å². The standard InChI is InChI=1S/C38H76NO8P/c1-3-5-7-9-11-13-15-17-19-21-23-25-27-29-31-38(41)47-36(35-46-48(42,43)45-33-32-39)34-44-37(40)30-28-26-24-22-20-18-16-14-12-10-8-6-4-2/h36H,3-35,39H2,1-2H3,(H,42,43).